The molecule has 0 spiro atoms. The molecule has 1 unspecified atom stereocenters. The van der Waals surface area contributed by atoms with Crippen LogP contribution in [-0.4, -0.2) is 62.5 Å². The third-order valence-electron chi connectivity index (χ3n) is 3.58. The normalized spacial score (nSPS) is 21.4. The van der Waals surface area contributed by atoms with Crippen LogP contribution in [0.2, 0.25) is 0 Å². The summed E-state index contributed by atoms with van der Waals surface area (Å²) >= 11 is 0. The number of halogens is 1. The first-order chi connectivity index (χ1) is 9.02. The molecule has 5 heteroatoms. The zero-order valence-corrected chi connectivity index (χ0v) is 11.5. The van der Waals surface area contributed by atoms with Crippen molar-refractivity contribution < 1.29 is 13.9 Å². The first-order valence-corrected chi connectivity index (χ1v) is 6.29. The van der Waals surface area contributed by atoms with Gasteiger partial charge in [-0.15, -0.1) is 0 Å². The minimum atomic E-state index is -0.420. The molecule has 1 saturated heterocycles. The fraction of sp³-hybridized carbons (Fsp3) is 0.500. The first-order valence-electron chi connectivity index (χ1n) is 6.29. The highest BCUT2D eigenvalue weighted by molar-refractivity contribution is 6.02. The fourth-order valence-corrected chi connectivity index (χ4v) is 2.35. The molecule has 1 atom stereocenters. The standard InChI is InChI=1S/C14H19FN2O2/c1-16-6-7-17(2)12(9-16)14(18)11-8-10(15)4-5-13(11)19-3/h4-5,8,12H,6-7,9H2,1-3H3. The van der Waals surface area contributed by atoms with Gasteiger partial charge in [-0.3, -0.25) is 9.69 Å². The van der Waals surface area contributed by atoms with Gasteiger partial charge in [-0.05, 0) is 32.3 Å². The third-order valence-corrected chi connectivity index (χ3v) is 3.58. The van der Waals surface area contributed by atoms with Gasteiger partial charge in [0.2, 0.25) is 0 Å². The van der Waals surface area contributed by atoms with Crippen molar-refractivity contribution in [2.24, 2.45) is 0 Å². The van der Waals surface area contributed by atoms with Crippen LogP contribution in [0.15, 0.2) is 18.2 Å². The molecular formula is C14H19FN2O2. The summed E-state index contributed by atoms with van der Waals surface area (Å²) in [4.78, 5) is 16.7. The van der Waals surface area contributed by atoms with E-state index < -0.39 is 5.82 Å². The molecule has 4 nitrogen and oxygen atoms in total. The van der Waals surface area contributed by atoms with Crippen LogP contribution >= 0.6 is 0 Å². The highest BCUT2D eigenvalue weighted by Gasteiger charge is 2.30. The van der Waals surface area contributed by atoms with E-state index in [0.717, 1.165) is 13.1 Å². The lowest BCUT2D eigenvalue weighted by Gasteiger charge is -2.36. The van der Waals surface area contributed by atoms with E-state index >= 15 is 0 Å². The number of hydrogen-bond acceptors (Lipinski definition) is 4. The maximum atomic E-state index is 13.4. The van der Waals surface area contributed by atoms with Gasteiger partial charge in [0.15, 0.2) is 5.78 Å². The molecule has 0 amide bonds. The van der Waals surface area contributed by atoms with Gasteiger partial charge >= 0.3 is 0 Å². The Balaban J connectivity index is 2.30. The van der Waals surface area contributed by atoms with Gasteiger partial charge < -0.3 is 9.64 Å². The molecule has 0 aliphatic carbocycles. The number of ether oxygens (including phenoxy) is 1. The summed E-state index contributed by atoms with van der Waals surface area (Å²) in [6, 6.07) is 3.79. The van der Waals surface area contributed by atoms with Crippen LogP contribution in [0.25, 0.3) is 0 Å². The van der Waals surface area contributed by atoms with Gasteiger partial charge in [-0.2, -0.15) is 0 Å². The van der Waals surface area contributed by atoms with Gasteiger partial charge in [0.1, 0.15) is 11.6 Å². The Bertz CT molecular complexity index is 479. The minimum Gasteiger partial charge on any atom is -0.496 e. The van der Waals surface area contributed by atoms with Gasteiger partial charge in [0.25, 0.3) is 0 Å². The van der Waals surface area contributed by atoms with E-state index in [1.54, 1.807) is 0 Å². The number of carbonyl (C=O) groups excluding carboxylic acids is 1. The van der Waals surface area contributed by atoms with Crippen LogP contribution in [0.1, 0.15) is 10.4 Å². The van der Waals surface area contributed by atoms with Crippen LogP contribution in [-0.2, 0) is 0 Å². The molecule has 104 valence electrons. The number of likely N-dealkylation sites (N-methyl/N-ethyl adjacent to an activating group) is 2. The Kier molecular flexibility index (Phi) is 4.17. The Hall–Kier alpha value is -1.46. The number of ketones is 1. The molecule has 0 N–H and O–H groups in total. The Morgan fingerprint density at radius 2 is 2.11 bits per heavy atom. The summed E-state index contributed by atoms with van der Waals surface area (Å²) in [5, 5.41) is 0. The summed E-state index contributed by atoms with van der Waals surface area (Å²) < 4.78 is 18.5. The number of nitrogens with zero attached hydrogens (tertiary/aromatic N) is 2. The lowest BCUT2D eigenvalue weighted by atomic mass is 10.00. The van der Waals surface area contributed by atoms with E-state index in [1.165, 1.54) is 25.3 Å². The highest BCUT2D eigenvalue weighted by atomic mass is 19.1. The van der Waals surface area contributed by atoms with Crippen LogP contribution in [0.4, 0.5) is 4.39 Å². The predicted molar refractivity (Wildman–Crippen MR) is 71.2 cm³/mol. The molecule has 0 aromatic heterocycles. The van der Waals surface area contributed by atoms with E-state index in [9.17, 15) is 9.18 Å². The monoisotopic (exact) mass is 266 g/mol. The second kappa shape index (κ2) is 5.67. The van der Waals surface area contributed by atoms with Crippen molar-refractivity contribution in [3.8, 4) is 5.75 Å². The largest absolute Gasteiger partial charge is 0.496 e. The van der Waals surface area contributed by atoms with Crippen molar-refractivity contribution in [2.75, 3.05) is 40.8 Å². The molecule has 1 aromatic rings. The topological polar surface area (TPSA) is 32.8 Å². The maximum absolute atomic E-state index is 13.4. The quantitative estimate of drug-likeness (QED) is 0.771. The summed E-state index contributed by atoms with van der Waals surface area (Å²) in [7, 11) is 5.39. The minimum absolute atomic E-state index is 0.0922. The Morgan fingerprint density at radius 1 is 1.37 bits per heavy atom. The lowest BCUT2D eigenvalue weighted by Crippen LogP contribution is -2.53. The number of piperazine rings is 1. The molecule has 2 rings (SSSR count). The van der Waals surface area contributed by atoms with Crippen LogP contribution in [0.5, 0.6) is 5.75 Å². The number of methoxy groups -OCH3 is 1. The molecule has 0 radical (unpaired) electrons. The summed E-state index contributed by atoms with van der Waals surface area (Å²) in [5.74, 6) is -0.0885. The van der Waals surface area contributed by atoms with E-state index in [0.29, 0.717) is 17.9 Å². The van der Waals surface area contributed by atoms with Gasteiger partial charge in [0, 0.05) is 19.6 Å². The van der Waals surface area contributed by atoms with Crippen LogP contribution in [0.3, 0.4) is 0 Å². The number of hydrogen-bond donors (Lipinski definition) is 0. The van der Waals surface area contributed by atoms with Crippen molar-refractivity contribution in [3.05, 3.63) is 29.6 Å². The summed E-state index contributed by atoms with van der Waals surface area (Å²) in [6.07, 6.45) is 0. The van der Waals surface area contributed by atoms with Crippen LogP contribution < -0.4 is 4.74 Å². The zero-order valence-electron chi connectivity index (χ0n) is 11.5. The molecule has 0 bridgehead atoms. The second-order valence-corrected chi connectivity index (χ2v) is 4.97. The molecule has 0 saturated carbocycles. The number of carbonyl (C=O) groups is 1. The van der Waals surface area contributed by atoms with Gasteiger partial charge in [-0.25, -0.2) is 4.39 Å². The average molecular weight is 266 g/mol. The highest BCUT2D eigenvalue weighted by Crippen LogP contribution is 2.23. The average Bonchev–Trinajstić information content (AvgIpc) is 2.40. The van der Waals surface area contributed by atoms with Crippen molar-refractivity contribution in [2.45, 2.75) is 6.04 Å². The van der Waals surface area contributed by atoms with Crippen molar-refractivity contribution in [1.29, 1.82) is 0 Å². The molecule has 19 heavy (non-hydrogen) atoms. The third kappa shape index (κ3) is 2.93. The molecule has 1 aromatic carbocycles. The van der Waals surface area contributed by atoms with Crippen molar-refractivity contribution in [1.82, 2.24) is 9.80 Å². The lowest BCUT2D eigenvalue weighted by molar-refractivity contribution is 0.0683. The maximum Gasteiger partial charge on any atom is 0.185 e. The van der Waals surface area contributed by atoms with Gasteiger partial charge in [-0.1, -0.05) is 0 Å². The molecular weight excluding hydrogens is 247 g/mol. The SMILES string of the molecule is COc1ccc(F)cc1C(=O)C1CN(C)CCN1C. The van der Waals surface area contributed by atoms with E-state index in [4.69, 9.17) is 4.74 Å². The first kappa shape index (κ1) is 14.0. The van der Waals surface area contributed by atoms with Gasteiger partial charge in [0.05, 0.1) is 18.7 Å². The molecule has 1 aliphatic heterocycles. The fourth-order valence-electron chi connectivity index (χ4n) is 2.35. The number of Topliss-reactive ketones (excluding diaryl/α,β-unsaturated/α-hetero) is 1. The number of benzene rings is 1. The zero-order chi connectivity index (χ0) is 14.0. The molecule has 1 fully saturated rings. The smallest absolute Gasteiger partial charge is 0.185 e. The Labute approximate surface area is 112 Å². The Morgan fingerprint density at radius 3 is 2.79 bits per heavy atom. The summed E-state index contributed by atoms with van der Waals surface area (Å²) in [5.41, 5.74) is 0.314. The van der Waals surface area contributed by atoms with E-state index in [2.05, 4.69) is 4.90 Å². The van der Waals surface area contributed by atoms with Crippen LogP contribution in [0, 0.1) is 5.82 Å². The predicted octanol–water partition coefficient (Wildman–Crippen LogP) is 1.26. The van der Waals surface area contributed by atoms with Crippen molar-refractivity contribution >= 4 is 5.78 Å². The summed E-state index contributed by atoms with van der Waals surface area (Å²) in [6.45, 7) is 2.40. The second-order valence-electron chi connectivity index (χ2n) is 4.97. The molecule has 1 heterocycles. The number of rotatable bonds is 3. The van der Waals surface area contributed by atoms with E-state index in [1.807, 2.05) is 19.0 Å². The molecule has 1 aliphatic rings. The van der Waals surface area contributed by atoms with Crippen molar-refractivity contribution in [3.63, 3.8) is 0 Å². The van der Waals surface area contributed by atoms with E-state index in [-0.39, 0.29) is 11.8 Å².